The van der Waals surface area contributed by atoms with Crippen LogP contribution >= 0.6 is 0 Å². The average molecular weight is 300 g/mol. The highest BCUT2D eigenvalue weighted by atomic mass is 19.4. The lowest BCUT2D eigenvalue weighted by molar-refractivity contribution is -0.141. The van der Waals surface area contributed by atoms with Crippen LogP contribution in [0.25, 0.3) is 5.69 Å². The number of alkyl halides is 3. The van der Waals surface area contributed by atoms with Gasteiger partial charge < -0.3 is 4.98 Å². The summed E-state index contributed by atoms with van der Waals surface area (Å²) in [5.41, 5.74) is -5.20. The van der Waals surface area contributed by atoms with Crippen LogP contribution < -0.4 is 11.2 Å². The van der Waals surface area contributed by atoms with Crippen molar-refractivity contribution in [1.29, 1.82) is 5.26 Å². The first kappa shape index (κ1) is 14.4. The molecule has 0 aliphatic carbocycles. The van der Waals surface area contributed by atoms with Crippen LogP contribution in [-0.4, -0.2) is 14.5 Å². The van der Waals surface area contributed by atoms with Gasteiger partial charge in [0.25, 0.3) is 5.56 Å². The van der Waals surface area contributed by atoms with E-state index in [1.165, 1.54) is 11.1 Å². The largest absolute Gasteiger partial charge is 0.431 e. The molecule has 0 aliphatic heterocycles. The van der Waals surface area contributed by atoms with Crippen LogP contribution in [0, 0.1) is 17.1 Å². The third-order valence-corrected chi connectivity index (χ3v) is 2.43. The van der Waals surface area contributed by atoms with E-state index >= 15 is 0 Å². The van der Waals surface area contributed by atoms with Gasteiger partial charge in [-0.3, -0.25) is 4.79 Å². The minimum atomic E-state index is -4.90. The highest BCUT2D eigenvalue weighted by Crippen LogP contribution is 2.25. The number of hydrogen-bond acceptors (Lipinski definition) is 4. The van der Waals surface area contributed by atoms with Crippen LogP contribution in [0.4, 0.5) is 17.6 Å². The maximum absolute atomic E-state index is 13.4. The summed E-state index contributed by atoms with van der Waals surface area (Å²) in [7, 11) is 0. The number of pyridine rings is 1. The van der Waals surface area contributed by atoms with E-state index < -0.39 is 40.3 Å². The second kappa shape index (κ2) is 4.86. The fourth-order valence-electron chi connectivity index (χ4n) is 1.52. The molecule has 2 heterocycles. The van der Waals surface area contributed by atoms with Gasteiger partial charge in [0, 0.05) is 12.1 Å². The van der Waals surface area contributed by atoms with E-state index in [1.807, 2.05) is 0 Å². The fraction of sp³-hybridized carbons (Fsp3) is 0.0909. The maximum Gasteiger partial charge on any atom is 0.431 e. The minimum Gasteiger partial charge on any atom is -0.303 e. The van der Waals surface area contributed by atoms with E-state index in [9.17, 15) is 27.2 Å². The summed E-state index contributed by atoms with van der Waals surface area (Å²) in [5, 5.41) is 8.50. The van der Waals surface area contributed by atoms with E-state index in [4.69, 9.17) is 5.26 Å². The lowest BCUT2D eigenvalue weighted by Gasteiger charge is -2.08. The molecule has 6 nitrogen and oxygen atoms in total. The third kappa shape index (κ3) is 2.66. The Bertz CT molecular complexity index is 829. The van der Waals surface area contributed by atoms with Crippen molar-refractivity contribution in [3.8, 4) is 11.8 Å². The number of nitriles is 1. The summed E-state index contributed by atoms with van der Waals surface area (Å²) >= 11 is 0. The summed E-state index contributed by atoms with van der Waals surface area (Å²) < 4.78 is 50.9. The summed E-state index contributed by atoms with van der Waals surface area (Å²) in [4.78, 5) is 28.0. The Kier molecular flexibility index (Phi) is 3.34. The van der Waals surface area contributed by atoms with Crippen LogP contribution in [0.3, 0.4) is 0 Å². The first-order valence-electron chi connectivity index (χ1n) is 5.23. The van der Waals surface area contributed by atoms with E-state index in [2.05, 4.69) is 4.98 Å². The molecule has 0 aromatic carbocycles. The van der Waals surface area contributed by atoms with Gasteiger partial charge in [0.15, 0.2) is 11.5 Å². The molecule has 0 amide bonds. The van der Waals surface area contributed by atoms with Crippen molar-refractivity contribution < 1.29 is 17.6 Å². The number of H-pyrrole nitrogens is 1. The Labute approximate surface area is 112 Å². The zero-order valence-electron chi connectivity index (χ0n) is 9.90. The van der Waals surface area contributed by atoms with Gasteiger partial charge in [-0.1, -0.05) is 0 Å². The van der Waals surface area contributed by atoms with Crippen LogP contribution in [-0.2, 0) is 6.18 Å². The Morgan fingerprint density at radius 3 is 2.43 bits per heavy atom. The smallest absolute Gasteiger partial charge is 0.303 e. The number of aromatic amines is 1. The number of nitrogens with one attached hydrogen (secondary N) is 1. The van der Waals surface area contributed by atoms with Crippen LogP contribution in [0.2, 0.25) is 0 Å². The van der Waals surface area contributed by atoms with Crippen molar-refractivity contribution in [2.24, 2.45) is 0 Å². The molecule has 2 aromatic heterocycles. The second-order valence-electron chi connectivity index (χ2n) is 3.80. The lowest BCUT2D eigenvalue weighted by atomic mass is 10.3. The van der Waals surface area contributed by atoms with Crippen LogP contribution in [0.1, 0.15) is 11.4 Å². The lowest BCUT2D eigenvalue weighted by Crippen LogP contribution is -2.36. The summed E-state index contributed by atoms with van der Waals surface area (Å²) in [6.07, 6.45) is -4.07. The van der Waals surface area contributed by atoms with Crippen molar-refractivity contribution in [2.45, 2.75) is 6.18 Å². The van der Waals surface area contributed by atoms with Crippen molar-refractivity contribution in [2.75, 3.05) is 0 Å². The van der Waals surface area contributed by atoms with Crippen LogP contribution in [0.5, 0.6) is 0 Å². The van der Waals surface area contributed by atoms with Crippen molar-refractivity contribution in [3.63, 3.8) is 0 Å². The zero-order valence-corrected chi connectivity index (χ0v) is 9.90. The van der Waals surface area contributed by atoms with Crippen molar-refractivity contribution in [3.05, 3.63) is 56.4 Å². The molecule has 1 N–H and O–H groups in total. The van der Waals surface area contributed by atoms with Gasteiger partial charge in [-0.05, 0) is 0 Å². The Balaban J connectivity index is 2.67. The Morgan fingerprint density at radius 2 is 1.95 bits per heavy atom. The second-order valence-corrected chi connectivity index (χ2v) is 3.80. The standard InChI is InChI=1S/C11H4F4N4O2/c12-6-1-5(4-17-7(6)3-16)19-9(20)2-8(11(13,14)15)18-10(19)21/h1-2,4H,(H,18,21). The summed E-state index contributed by atoms with van der Waals surface area (Å²) in [6.45, 7) is 0. The monoisotopic (exact) mass is 300 g/mol. The molecule has 0 bridgehead atoms. The number of nitrogens with zero attached hydrogens (tertiary/aromatic N) is 3. The SMILES string of the molecule is N#Cc1ncc(-n2c(=O)cc(C(F)(F)F)[nH]c2=O)cc1F. The van der Waals surface area contributed by atoms with Gasteiger partial charge in [0.1, 0.15) is 11.8 Å². The van der Waals surface area contributed by atoms with Crippen molar-refractivity contribution >= 4 is 0 Å². The number of hydrogen-bond donors (Lipinski definition) is 1. The molecule has 2 rings (SSSR count). The van der Waals surface area contributed by atoms with E-state index in [1.54, 1.807) is 0 Å². The predicted molar refractivity (Wildman–Crippen MR) is 60.1 cm³/mol. The van der Waals surface area contributed by atoms with Gasteiger partial charge in [-0.25, -0.2) is 18.7 Å². The molecular formula is C11H4F4N4O2. The number of aromatic nitrogens is 3. The zero-order chi connectivity index (χ0) is 15.8. The topological polar surface area (TPSA) is 91.5 Å². The van der Waals surface area contributed by atoms with Gasteiger partial charge in [0.05, 0.1) is 11.9 Å². The molecule has 108 valence electrons. The normalized spacial score (nSPS) is 11.2. The van der Waals surface area contributed by atoms with Gasteiger partial charge in [-0.2, -0.15) is 18.4 Å². The molecule has 0 fully saturated rings. The first-order chi connectivity index (χ1) is 9.74. The van der Waals surface area contributed by atoms with Crippen LogP contribution in [0.15, 0.2) is 27.9 Å². The van der Waals surface area contributed by atoms with E-state index in [0.29, 0.717) is 6.07 Å². The quantitative estimate of drug-likeness (QED) is 0.794. The molecule has 10 heteroatoms. The molecule has 2 aromatic rings. The van der Waals surface area contributed by atoms with E-state index in [0.717, 1.165) is 6.20 Å². The van der Waals surface area contributed by atoms with Gasteiger partial charge in [0.2, 0.25) is 0 Å². The third-order valence-electron chi connectivity index (χ3n) is 2.43. The molecule has 0 unspecified atom stereocenters. The highest BCUT2D eigenvalue weighted by Gasteiger charge is 2.33. The Hall–Kier alpha value is -2.96. The molecule has 21 heavy (non-hydrogen) atoms. The molecule has 0 saturated heterocycles. The average Bonchev–Trinajstić information content (AvgIpc) is 2.37. The molecule has 0 atom stereocenters. The van der Waals surface area contributed by atoms with E-state index in [-0.39, 0.29) is 10.6 Å². The summed E-state index contributed by atoms with van der Waals surface area (Å²) in [5.74, 6) is -1.11. The predicted octanol–water partition coefficient (Wildman–Crippen LogP) is 0.950. The summed E-state index contributed by atoms with van der Waals surface area (Å²) in [6, 6.07) is 2.24. The number of rotatable bonds is 1. The molecular weight excluding hydrogens is 296 g/mol. The number of halogens is 4. The Morgan fingerprint density at radius 1 is 1.29 bits per heavy atom. The molecule has 0 saturated carbocycles. The molecule has 0 spiro atoms. The molecule has 0 radical (unpaired) electrons. The highest BCUT2D eigenvalue weighted by molar-refractivity contribution is 5.34. The van der Waals surface area contributed by atoms with Gasteiger partial charge >= 0.3 is 11.9 Å². The van der Waals surface area contributed by atoms with Gasteiger partial charge in [-0.15, -0.1) is 0 Å². The first-order valence-corrected chi connectivity index (χ1v) is 5.23. The maximum atomic E-state index is 13.4. The molecule has 0 aliphatic rings. The van der Waals surface area contributed by atoms with Crippen molar-refractivity contribution in [1.82, 2.24) is 14.5 Å². The minimum absolute atomic E-state index is 0.164. The fourth-order valence-corrected chi connectivity index (χ4v) is 1.52.